The van der Waals surface area contributed by atoms with Crippen molar-refractivity contribution in [3.05, 3.63) is 18.0 Å². The van der Waals surface area contributed by atoms with Crippen LogP contribution in [0.3, 0.4) is 0 Å². The molecule has 0 aromatic carbocycles. The third-order valence-corrected chi connectivity index (χ3v) is 4.80. The molecule has 3 rings (SSSR count). The van der Waals surface area contributed by atoms with Crippen LogP contribution in [0.2, 0.25) is 0 Å². The number of ether oxygens (including phenoxy) is 1. The summed E-state index contributed by atoms with van der Waals surface area (Å²) in [6, 6.07) is 2.06. The number of carbonyl (C=O) groups is 1. The Bertz CT molecular complexity index is 488. The highest BCUT2D eigenvalue weighted by atomic mass is 16.5. The lowest BCUT2D eigenvalue weighted by molar-refractivity contribution is -0.134. The van der Waals surface area contributed by atoms with Gasteiger partial charge in [-0.15, -0.1) is 0 Å². The van der Waals surface area contributed by atoms with E-state index in [1.165, 1.54) is 12.8 Å². The van der Waals surface area contributed by atoms with Gasteiger partial charge >= 0.3 is 0 Å². The summed E-state index contributed by atoms with van der Waals surface area (Å²) in [6.45, 7) is 4.02. The largest absolute Gasteiger partial charge is 0.381 e. The average Bonchev–Trinajstić information content (AvgIpc) is 3.04. The third-order valence-electron chi connectivity index (χ3n) is 4.80. The van der Waals surface area contributed by atoms with Gasteiger partial charge in [-0.2, -0.15) is 5.10 Å². The SMILES string of the molecule is COC1CCN(C(=O)Cn2ccc(C3CCCNC3)n2)CC1. The zero-order valence-corrected chi connectivity index (χ0v) is 13.3. The summed E-state index contributed by atoms with van der Waals surface area (Å²) in [6.07, 6.45) is 6.48. The lowest BCUT2D eigenvalue weighted by Gasteiger charge is -2.31. The number of carbonyl (C=O) groups excluding carboxylic acids is 1. The van der Waals surface area contributed by atoms with E-state index in [9.17, 15) is 4.79 Å². The zero-order valence-electron chi connectivity index (χ0n) is 13.3. The molecule has 122 valence electrons. The van der Waals surface area contributed by atoms with Crippen LogP contribution in [-0.2, 0) is 16.1 Å². The molecule has 1 aromatic rings. The molecule has 3 heterocycles. The van der Waals surface area contributed by atoms with Crippen molar-refractivity contribution >= 4 is 5.91 Å². The van der Waals surface area contributed by atoms with E-state index in [1.807, 2.05) is 11.1 Å². The predicted octanol–water partition coefficient (Wildman–Crippen LogP) is 0.988. The molecule has 0 aliphatic carbocycles. The highest BCUT2D eigenvalue weighted by Crippen LogP contribution is 2.21. The number of hydrogen-bond acceptors (Lipinski definition) is 4. The zero-order chi connectivity index (χ0) is 15.4. The number of amides is 1. The van der Waals surface area contributed by atoms with Crippen molar-refractivity contribution < 1.29 is 9.53 Å². The molecule has 2 aliphatic heterocycles. The van der Waals surface area contributed by atoms with Gasteiger partial charge in [-0.05, 0) is 38.3 Å². The Balaban J connectivity index is 1.52. The number of methoxy groups -OCH3 is 1. The van der Waals surface area contributed by atoms with E-state index in [0.29, 0.717) is 18.6 Å². The minimum Gasteiger partial charge on any atom is -0.381 e. The molecule has 1 amide bonds. The Labute approximate surface area is 131 Å². The van der Waals surface area contributed by atoms with Crippen LogP contribution >= 0.6 is 0 Å². The molecule has 1 atom stereocenters. The first-order chi connectivity index (χ1) is 10.8. The maximum absolute atomic E-state index is 12.4. The summed E-state index contributed by atoms with van der Waals surface area (Å²) in [5.41, 5.74) is 1.11. The number of hydrogen-bond donors (Lipinski definition) is 1. The van der Waals surface area contributed by atoms with Gasteiger partial charge in [-0.25, -0.2) is 0 Å². The van der Waals surface area contributed by atoms with Crippen LogP contribution < -0.4 is 5.32 Å². The number of nitrogens with one attached hydrogen (secondary N) is 1. The molecule has 2 fully saturated rings. The minimum atomic E-state index is 0.158. The molecular weight excluding hydrogens is 280 g/mol. The van der Waals surface area contributed by atoms with Crippen LogP contribution in [0, 0.1) is 0 Å². The molecule has 0 radical (unpaired) electrons. The molecule has 0 spiro atoms. The van der Waals surface area contributed by atoms with E-state index >= 15 is 0 Å². The number of aromatic nitrogens is 2. The molecular formula is C16H26N4O2. The molecule has 1 unspecified atom stereocenters. The normalized spacial score (nSPS) is 23.7. The molecule has 1 aromatic heterocycles. The van der Waals surface area contributed by atoms with E-state index in [1.54, 1.807) is 11.8 Å². The number of likely N-dealkylation sites (tertiary alicyclic amines) is 1. The van der Waals surface area contributed by atoms with Gasteiger partial charge in [-0.1, -0.05) is 0 Å². The van der Waals surface area contributed by atoms with E-state index in [0.717, 1.165) is 44.7 Å². The van der Waals surface area contributed by atoms with Gasteiger partial charge in [-0.3, -0.25) is 9.48 Å². The molecule has 1 N–H and O–H groups in total. The van der Waals surface area contributed by atoms with Crippen LogP contribution in [0.1, 0.15) is 37.3 Å². The summed E-state index contributed by atoms with van der Waals surface area (Å²) in [4.78, 5) is 14.3. The van der Waals surface area contributed by atoms with Gasteiger partial charge in [0.25, 0.3) is 0 Å². The molecule has 6 heteroatoms. The van der Waals surface area contributed by atoms with Crippen LogP contribution in [0.25, 0.3) is 0 Å². The van der Waals surface area contributed by atoms with Crippen LogP contribution in [0.5, 0.6) is 0 Å². The fourth-order valence-electron chi connectivity index (χ4n) is 3.37. The smallest absolute Gasteiger partial charge is 0.244 e. The second-order valence-corrected chi connectivity index (χ2v) is 6.30. The standard InChI is InChI=1S/C16H26N4O2/c1-22-14-4-8-19(9-5-14)16(21)12-20-10-6-15(18-20)13-3-2-7-17-11-13/h6,10,13-14,17H,2-5,7-9,11-12H2,1H3. The first kappa shape index (κ1) is 15.5. The van der Waals surface area contributed by atoms with Crippen LogP contribution in [-0.4, -0.2) is 60.0 Å². The van der Waals surface area contributed by atoms with Crippen molar-refractivity contribution in [2.75, 3.05) is 33.3 Å². The van der Waals surface area contributed by atoms with Crippen molar-refractivity contribution in [2.24, 2.45) is 0 Å². The van der Waals surface area contributed by atoms with Crippen LogP contribution in [0.4, 0.5) is 0 Å². The second-order valence-electron chi connectivity index (χ2n) is 6.30. The summed E-state index contributed by atoms with van der Waals surface area (Å²) in [7, 11) is 1.74. The van der Waals surface area contributed by atoms with E-state index in [-0.39, 0.29) is 5.91 Å². The van der Waals surface area contributed by atoms with Gasteiger partial charge < -0.3 is 15.0 Å². The van der Waals surface area contributed by atoms with Crippen molar-refractivity contribution in [3.63, 3.8) is 0 Å². The summed E-state index contributed by atoms with van der Waals surface area (Å²) in [5, 5.41) is 8.01. The van der Waals surface area contributed by atoms with Crippen molar-refractivity contribution in [2.45, 2.75) is 44.2 Å². The van der Waals surface area contributed by atoms with Crippen molar-refractivity contribution in [3.8, 4) is 0 Å². The monoisotopic (exact) mass is 306 g/mol. The van der Waals surface area contributed by atoms with Crippen molar-refractivity contribution in [1.29, 1.82) is 0 Å². The third kappa shape index (κ3) is 3.67. The van der Waals surface area contributed by atoms with Gasteiger partial charge in [0.2, 0.25) is 5.91 Å². The number of piperidine rings is 2. The Hall–Kier alpha value is -1.40. The van der Waals surface area contributed by atoms with E-state index in [4.69, 9.17) is 4.74 Å². The summed E-state index contributed by atoms with van der Waals surface area (Å²) >= 11 is 0. The fraction of sp³-hybridized carbons (Fsp3) is 0.750. The molecule has 22 heavy (non-hydrogen) atoms. The Morgan fingerprint density at radius 1 is 1.41 bits per heavy atom. The Morgan fingerprint density at radius 3 is 2.91 bits per heavy atom. The number of rotatable bonds is 4. The van der Waals surface area contributed by atoms with E-state index < -0.39 is 0 Å². The number of nitrogens with zero attached hydrogens (tertiary/aromatic N) is 3. The highest BCUT2D eigenvalue weighted by Gasteiger charge is 2.23. The maximum Gasteiger partial charge on any atom is 0.244 e. The molecule has 0 bridgehead atoms. The molecule has 0 saturated carbocycles. The lowest BCUT2D eigenvalue weighted by Crippen LogP contribution is -2.42. The van der Waals surface area contributed by atoms with Crippen LogP contribution in [0.15, 0.2) is 12.3 Å². The van der Waals surface area contributed by atoms with Gasteiger partial charge in [0.05, 0.1) is 11.8 Å². The lowest BCUT2D eigenvalue weighted by atomic mass is 9.97. The van der Waals surface area contributed by atoms with Crippen molar-refractivity contribution in [1.82, 2.24) is 20.0 Å². The minimum absolute atomic E-state index is 0.158. The molecule has 6 nitrogen and oxygen atoms in total. The van der Waals surface area contributed by atoms with Gasteiger partial charge in [0.15, 0.2) is 0 Å². The predicted molar refractivity (Wildman–Crippen MR) is 83.7 cm³/mol. The first-order valence-corrected chi connectivity index (χ1v) is 8.31. The first-order valence-electron chi connectivity index (χ1n) is 8.31. The summed E-state index contributed by atoms with van der Waals surface area (Å²) in [5.74, 6) is 0.647. The van der Waals surface area contributed by atoms with E-state index in [2.05, 4.69) is 16.5 Å². The molecule has 2 aliphatic rings. The average molecular weight is 306 g/mol. The fourth-order valence-corrected chi connectivity index (χ4v) is 3.37. The van der Waals surface area contributed by atoms with Gasteiger partial charge in [0, 0.05) is 38.9 Å². The summed E-state index contributed by atoms with van der Waals surface area (Å²) < 4.78 is 7.13. The Morgan fingerprint density at radius 2 is 2.23 bits per heavy atom. The topological polar surface area (TPSA) is 59.4 Å². The second kappa shape index (κ2) is 7.24. The van der Waals surface area contributed by atoms with Gasteiger partial charge in [0.1, 0.15) is 6.54 Å². The Kier molecular flexibility index (Phi) is 5.10. The maximum atomic E-state index is 12.4. The highest BCUT2D eigenvalue weighted by molar-refractivity contribution is 5.76. The molecule has 2 saturated heterocycles. The quantitative estimate of drug-likeness (QED) is 0.901.